The van der Waals surface area contributed by atoms with Crippen molar-refractivity contribution in [3.8, 4) is 0 Å². The second-order valence-corrected chi connectivity index (χ2v) is 5.81. The zero-order chi connectivity index (χ0) is 14.2. The molecule has 2 aromatic heterocycles. The van der Waals surface area contributed by atoms with Gasteiger partial charge >= 0.3 is 0 Å². The number of hydrogen-bond acceptors (Lipinski definition) is 5. The molecular weight excluding hydrogens is 266 g/mol. The third-order valence-electron chi connectivity index (χ3n) is 2.70. The van der Waals surface area contributed by atoms with Crippen LogP contribution in [0, 0.1) is 13.8 Å². The van der Waals surface area contributed by atoms with Crippen molar-refractivity contribution in [2.45, 2.75) is 18.7 Å². The molecule has 0 spiro atoms. The molecule has 0 atom stereocenters. The van der Waals surface area contributed by atoms with Gasteiger partial charge in [0.05, 0.1) is 5.69 Å². The van der Waals surface area contributed by atoms with Crippen LogP contribution in [0.25, 0.3) is 0 Å². The highest BCUT2D eigenvalue weighted by Gasteiger charge is 2.25. The highest BCUT2D eigenvalue weighted by atomic mass is 32.2. The smallest absolute Gasteiger partial charge is 0.268 e. The molecule has 2 aromatic rings. The van der Waals surface area contributed by atoms with Crippen molar-refractivity contribution in [3.05, 3.63) is 29.6 Å². The molecule has 0 fully saturated rings. The number of rotatable bonds is 3. The van der Waals surface area contributed by atoms with Crippen LogP contribution in [-0.4, -0.2) is 23.2 Å². The number of nitrogen functional groups attached to an aromatic ring is 1. The van der Waals surface area contributed by atoms with Crippen LogP contribution in [0.4, 0.5) is 11.6 Å². The topological polar surface area (TPSA) is 103 Å². The Labute approximate surface area is 111 Å². The van der Waals surface area contributed by atoms with Crippen LogP contribution in [-0.2, 0) is 17.1 Å². The van der Waals surface area contributed by atoms with Gasteiger partial charge in [0, 0.05) is 12.7 Å². The normalized spacial score (nSPS) is 11.5. The Balaban J connectivity index is 2.44. The SMILES string of the molecule is Cc1cccc(NS(=O)(=O)c2c(N)nn(C)c2C)n1. The number of sulfonamides is 1. The Kier molecular flexibility index (Phi) is 3.19. The lowest BCUT2D eigenvalue weighted by atomic mass is 10.4. The van der Waals surface area contributed by atoms with E-state index in [4.69, 9.17) is 5.73 Å². The summed E-state index contributed by atoms with van der Waals surface area (Å²) >= 11 is 0. The number of nitrogens with one attached hydrogen (secondary N) is 1. The second-order valence-electron chi connectivity index (χ2n) is 4.19. The zero-order valence-corrected chi connectivity index (χ0v) is 11.7. The molecule has 7 nitrogen and oxygen atoms in total. The van der Waals surface area contributed by atoms with Crippen LogP contribution in [0.2, 0.25) is 0 Å². The third-order valence-corrected chi connectivity index (χ3v) is 4.22. The van der Waals surface area contributed by atoms with Gasteiger partial charge in [-0.05, 0) is 26.0 Å². The lowest BCUT2D eigenvalue weighted by molar-refractivity contribution is 0.600. The highest BCUT2D eigenvalue weighted by molar-refractivity contribution is 7.93. The molecule has 0 saturated carbocycles. The number of nitrogens with two attached hydrogens (primary N) is 1. The van der Waals surface area contributed by atoms with Gasteiger partial charge in [-0.15, -0.1) is 0 Å². The minimum atomic E-state index is -3.79. The van der Waals surface area contributed by atoms with Gasteiger partial charge in [-0.2, -0.15) is 5.10 Å². The fourth-order valence-electron chi connectivity index (χ4n) is 1.74. The van der Waals surface area contributed by atoms with Crippen molar-refractivity contribution in [3.63, 3.8) is 0 Å². The zero-order valence-electron chi connectivity index (χ0n) is 10.9. The van der Waals surface area contributed by atoms with Crippen LogP contribution in [0.5, 0.6) is 0 Å². The Bertz CT molecular complexity index is 721. The van der Waals surface area contributed by atoms with Gasteiger partial charge in [-0.1, -0.05) is 6.07 Å². The predicted octanol–water partition coefficient (Wildman–Crippen LogP) is 0.815. The van der Waals surface area contributed by atoms with E-state index in [0.29, 0.717) is 5.69 Å². The van der Waals surface area contributed by atoms with Crippen molar-refractivity contribution in [1.29, 1.82) is 0 Å². The van der Waals surface area contributed by atoms with E-state index < -0.39 is 10.0 Å². The summed E-state index contributed by atoms with van der Waals surface area (Å²) in [6.07, 6.45) is 0. The standard InChI is InChI=1S/C11H15N5O2S/c1-7-5-4-6-9(13-7)15-19(17,18)10-8(2)16(3)14-11(10)12/h4-6H,1-3H3,(H2,12,14)(H,13,15). The maximum absolute atomic E-state index is 12.3. The Morgan fingerprint density at radius 3 is 2.53 bits per heavy atom. The molecule has 0 radical (unpaired) electrons. The van der Waals surface area contributed by atoms with Crippen molar-refractivity contribution in [2.75, 3.05) is 10.5 Å². The molecule has 8 heteroatoms. The van der Waals surface area contributed by atoms with Gasteiger partial charge in [-0.25, -0.2) is 13.4 Å². The number of anilines is 2. The lowest BCUT2D eigenvalue weighted by Crippen LogP contribution is -2.16. The van der Waals surface area contributed by atoms with Crippen molar-refractivity contribution in [2.24, 2.45) is 7.05 Å². The van der Waals surface area contributed by atoms with Gasteiger partial charge in [0.2, 0.25) is 0 Å². The summed E-state index contributed by atoms with van der Waals surface area (Å²) in [4.78, 5) is 4.08. The van der Waals surface area contributed by atoms with Gasteiger partial charge < -0.3 is 5.73 Å². The molecule has 3 N–H and O–H groups in total. The molecule has 0 aliphatic carbocycles. The van der Waals surface area contributed by atoms with E-state index in [1.54, 1.807) is 39.1 Å². The first-order chi connectivity index (χ1) is 8.81. The molecule has 0 aliphatic rings. The molecule has 102 valence electrons. The first-order valence-corrected chi connectivity index (χ1v) is 7.05. The minimum Gasteiger partial charge on any atom is -0.381 e. The van der Waals surface area contributed by atoms with E-state index in [0.717, 1.165) is 5.69 Å². The quantitative estimate of drug-likeness (QED) is 0.866. The summed E-state index contributed by atoms with van der Waals surface area (Å²) < 4.78 is 28.4. The summed E-state index contributed by atoms with van der Waals surface area (Å²) in [7, 11) is -2.16. The average molecular weight is 281 g/mol. The van der Waals surface area contributed by atoms with E-state index in [2.05, 4.69) is 14.8 Å². The second kappa shape index (κ2) is 4.54. The van der Waals surface area contributed by atoms with Crippen LogP contribution in [0.1, 0.15) is 11.4 Å². The molecule has 0 bridgehead atoms. The van der Waals surface area contributed by atoms with Gasteiger partial charge in [0.15, 0.2) is 10.7 Å². The molecule has 19 heavy (non-hydrogen) atoms. The van der Waals surface area contributed by atoms with Crippen LogP contribution in [0.3, 0.4) is 0 Å². The fraction of sp³-hybridized carbons (Fsp3) is 0.273. The van der Waals surface area contributed by atoms with Crippen LogP contribution < -0.4 is 10.5 Å². The maximum atomic E-state index is 12.3. The van der Waals surface area contributed by atoms with Crippen LogP contribution in [0.15, 0.2) is 23.1 Å². The van der Waals surface area contributed by atoms with Crippen molar-refractivity contribution >= 4 is 21.7 Å². The summed E-state index contributed by atoms with van der Waals surface area (Å²) in [6.45, 7) is 3.42. The highest BCUT2D eigenvalue weighted by Crippen LogP contribution is 2.23. The number of nitrogens with zero attached hydrogens (tertiary/aromatic N) is 3. The molecule has 0 saturated heterocycles. The van der Waals surface area contributed by atoms with E-state index in [9.17, 15) is 8.42 Å². The molecule has 2 heterocycles. The van der Waals surface area contributed by atoms with E-state index in [-0.39, 0.29) is 16.5 Å². The number of aryl methyl sites for hydroxylation is 2. The lowest BCUT2D eigenvalue weighted by Gasteiger charge is -2.07. The average Bonchev–Trinajstić information content (AvgIpc) is 2.52. The van der Waals surface area contributed by atoms with Crippen LogP contribution >= 0.6 is 0 Å². The maximum Gasteiger partial charge on any atom is 0.268 e. The monoisotopic (exact) mass is 281 g/mol. The summed E-state index contributed by atoms with van der Waals surface area (Å²) in [5.41, 5.74) is 6.83. The molecular formula is C11H15N5O2S. The molecule has 0 unspecified atom stereocenters. The molecule has 0 aromatic carbocycles. The Hall–Kier alpha value is -2.09. The third kappa shape index (κ3) is 2.53. The first-order valence-electron chi connectivity index (χ1n) is 5.57. The summed E-state index contributed by atoms with van der Waals surface area (Å²) in [5, 5.41) is 3.89. The first kappa shape index (κ1) is 13.3. The number of pyridine rings is 1. The van der Waals surface area contributed by atoms with Gasteiger partial charge in [0.1, 0.15) is 5.82 Å². The summed E-state index contributed by atoms with van der Waals surface area (Å²) in [6, 6.07) is 5.08. The molecule has 0 amide bonds. The minimum absolute atomic E-state index is 0.0155. The van der Waals surface area contributed by atoms with Crippen molar-refractivity contribution < 1.29 is 8.42 Å². The van der Waals surface area contributed by atoms with E-state index in [1.807, 2.05) is 0 Å². The molecule has 2 rings (SSSR count). The van der Waals surface area contributed by atoms with Crippen molar-refractivity contribution in [1.82, 2.24) is 14.8 Å². The predicted molar refractivity (Wildman–Crippen MR) is 72.1 cm³/mol. The van der Waals surface area contributed by atoms with E-state index in [1.165, 1.54) is 4.68 Å². The fourth-order valence-corrected chi connectivity index (χ4v) is 3.06. The summed E-state index contributed by atoms with van der Waals surface area (Å²) in [5.74, 6) is 0.225. The number of hydrogen-bond donors (Lipinski definition) is 2. The number of aromatic nitrogens is 3. The molecule has 0 aliphatic heterocycles. The van der Waals surface area contributed by atoms with Gasteiger partial charge in [0.25, 0.3) is 10.0 Å². The largest absolute Gasteiger partial charge is 0.381 e. The Morgan fingerprint density at radius 1 is 1.32 bits per heavy atom. The van der Waals surface area contributed by atoms with E-state index >= 15 is 0 Å². The van der Waals surface area contributed by atoms with Gasteiger partial charge in [-0.3, -0.25) is 9.40 Å². The Morgan fingerprint density at radius 2 is 2.00 bits per heavy atom.